The Hall–Kier alpha value is -1.44. The molecule has 0 spiro atoms. The Balaban J connectivity index is 2.85. The first-order valence-electron chi connectivity index (χ1n) is 4.23. The van der Waals surface area contributed by atoms with E-state index in [1.807, 2.05) is 0 Å². The average Bonchev–Trinajstić information content (AvgIpc) is 2.75. The number of carboxylic acids is 1. The predicted octanol–water partition coefficient (Wildman–Crippen LogP) is 0.0136. The van der Waals surface area contributed by atoms with Crippen molar-refractivity contribution in [1.82, 2.24) is 0 Å². The van der Waals surface area contributed by atoms with Crippen LogP contribution in [0.1, 0.15) is 21.3 Å². The third kappa shape index (κ3) is 2.57. The Morgan fingerprint density at radius 3 is 2.56 bits per heavy atom. The fraction of sp³-hybridized carbons (Fsp3) is 0.333. The number of carbonyl (C=O) groups is 2. The zero-order valence-electron chi connectivity index (χ0n) is 8.28. The minimum absolute atomic E-state index is 0.190. The number of carboxylic acid groups (broad SMARTS) is 1. The summed E-state index contributed by atoms with van der Waals surface area (Å²) >= 11 is 0.973. The smallest absolute Gasteiger partial charge is 0.338 e. The molecule has 1 rings (SSSR count). The van der Waals surface area contributed by atoms with Gasteiger partial charge in [0.25, 0.3) is 0 Å². The van der Waals surface area contributed by atoms with Crippen LogP contribution in [0.5, 0.6) is 0 Å². The molecule has 0 aliphatic heterocycles. The molecule has 0 saturated carbocycles. The Morgan fingerprint density at radius 2 is 2.06 bits per heavy atom. The molecule has 0 aliphatic carbocycles. The summed E-state index contributed by atoms with van der Waals surface area (Å²) in [4.78, 5) is 21.7. The van der Waals surface area contributed by atoms with E-state index in [9.17, 15) is 14.7 Å². The lowest BCUT2D eigenvalue weighted by molar-refractivity contribution is -0.152. The molecule has 1 aromatic rings. The van der Waals surface area contributed by atoms with Crippen molar-refractivity contribution in [2.75, 3.05) is 7.11 Å². The Morgan fingerprint density at radius 1 is 1.44 bits per heavy atom. The molecule has 1 heterocycles. The summed E-state index contributed by atoms with van der Waals surface area (Å²) in [6, 6.07) is 1.29. The first-order chi connectivity index (χ1) is 7.47. The zero-order valence-corrected chi connectivity index (χ0v) is 9.10. The predicted molar refractivity (Wildman–Crippen MR) is 54.3 cm³/mol. The second kappa shape index (κ2) is 5.06. The van der Waals surface area contributed by atoms with E-state index >= 15 is 0 Å². The molecule has 0 fully saturated rings. The SMILES string of the molecule is COC(=O)c1csc(C(O)C(O)C(=O)O)c1. The first kappa shape index (κ1) is 12.6. The van der Waals surface area contributed by atoms with E-state index in [0.29, 0.717) is 0 Å². The number of methoxy groups -OCH3 is 1. The number of ether oxygens (including phenoxy) is 1. The van der Waals surface area contributed by atoms with Gasteiger partial charge < -0.3 is 20.1 Å². The van der Waals surface area contributed by atoms with Gasteiger partial charge in [0.15, 0.2) is 6.10 Å². The number of aliphatic hydroxyl groups is 2. The van der Waals surface area contributed by atoms with Crippen LogP contribution in [0, 0.1) is 0 Å². The average molecular weight is 246 g/mol. The minimum atomic E-state index is -1.91. The van der Waals surface area contributed by atoms with Crippen LogP contribution in [0.15, 0.2) is 11.4 Å². The van der Waals surface area contributed by atoms with E-state index in [1.165, 1.54) is 18.6 Å². The first-order valence-corrected chi connectivity index (χ1v) is 5.11. The van der Waals surface area contributed by atoms with E-state index in [-0.39, 0.29) is 10.4 Å². The lowest BCUT2D eigenvalue weighted by Gasteiger charge is -2.11. The van der Waals surface area contributed by atoms with Gasteiger partial charge in [0, 0.05) is 10.3 Å². The van der Waals surface area contributed by atoms with Crippen molar-refractivity contribution in [3.8, 4) is 0 Å². The molecule has 0 aliphatic rings. The van der Waals surface area contributed by atoms with Crippen molar-refractivity contribution >= 4 is 23.3 Å². The van der Waals surface area contributed by atoms with Crippen molar-refractivity contribution in [2.45, 2.75) is 12.2 Å². The van der Waals surface area contributed by atoms with Crippen molar-refractivity contribution in [1.29, 1.82) is 0 Å². The van der Waals surface area contributed by atoms with Crippen LogP contribution in [-0.4, -0.2) is 40.5 Å². The molecule has 0 radical (unpaired) electrons. The topological polar surface area (TPSA) is 104 Å². The highest BCUT2D eigenvalue weighted by Gasteiger charge is 2.27. The van der Waals surface area contributed by atoms with Gasteiger partial charge in [0.05, 0.1) is 12.7 Å². The maximum atomic E-state index is 11.1. The van der Waals surface area contributed by atoms with E-state index in [4.69, 9.17) is 10.2 Å². The number of aliphatic hydroxyl groups excluding tert-OH is 2. The second-order valence-electron chi connectivity index (χ2n) is 2.96. The van der Waals surface area contributed by atoms with Gasteiger partial charge in [-0.1, -0.05) is 0 Å². The summed E-state index contributed by atoms with van der Waals surface area (Å²) in [5, 5.41) is 28.4. The largest absolute Gasteiger partial charge is 0.479 e. The van der Waals surface area contributed by atoms with E-state index in [2.05, 4.69) is 4.74 Å². The number of carbonyl (C=O) groups excluding carboxylic acids is 1. The number of thiophene rings is 1. The molecule has 6 nitrogen and oxygen atoms in total. The van der Waals surface area contributed by atoms with Gasteiger partial charge >= 0.3 is 11.9 Å². The Kier molecular flexibility index (Phi) is 3.99. The number of aliphatic carboxylic acids is 1. The van der Waals surface area contributed by atoms with Gasteiger partial charge in [-0.15, -0.1) is 11.3 Å². The van der Waals surface area contributed by atoms with Crippen molar-refractivity contribution in [3.63, 3.8) is 0 Å². The summed E-state index contributed by atoms with van der Waals surface area (Å²) < 4.78 is 4.44. The molecule has 2 unspecified atom stereocenters. The van der Waals surface area contributed by atoms with Gasteiger partial charge in [-0.2, -0.15) is 0 Å². The van der Waals surface area contributed by atoms with Crippen molar-refractivity contribution < 1.29 is 29.6 Å². The maximum absolute atomic E-state index is 11.1. The van der Waals surface area contributed by atoms with Crippen molar-refractivity contribution in [3.05, 3.63) is 21.9 Å². The summed E-state index contributed by atoms with van der Waals surface area (Å²) in [5.74, 6) is -2.11. The van der Waals surface area contributed by atoms with Gasteiger partial charge in [-0.25, -0.2) is 9.59 Å². The quantitative estimate of drug-likeness (QED) is 0.647. The summed E-state index contributed by atoms with van der Waals surface area (Å²) in [7, 11) is 1.21. The summed E-state index contributed by atoms with van der Waals surface area (Å²) in [5.41, 5.74) is 0.208. The van der Waals surface area contributed by atoms with E-state index in [0.717, 1.165) is 11.3 Å². The standard InChI is InChI=1S/C9H10O6S/c1-15-9(14)4-2-5(16-3-4)6(10)7(11)8(12)13/h2-3,6-7,10-11H,1H3,(H,12,13). The fourth-order valence-corrected chi connectivity index (χ4v) is 1.91. The van der Waals surface area contributed by atoms with Crippen LogP contribution in [0.4, 0.5) is 0 Å². The normalized spacial score (nSPS) is 14.2. The highest BCUT2D eigenvalue weighted by molar-refractivity contribution is 7.10. The molecule has 0 aromatic carbocycles. The Labute approximate surface area is 94.7 Å². The highest BCUT2D eigenvalue weighted by atomic mass is 32.1. The van der Waals surface area contributed by atoms with Crippen LogP contribution < -0.4 is 0 Å². The zero-order chi connectivity index (χ0) is 12.3. The lowest BCUT2D eigenvalue weighted by Crippen LogP contribution is -2.26. The number of esters is 1. The maximum Gasteiger partial charge on any atom is 0.338 e. The number of hydrogen-bond acceptors (Lipinski definition) is 6. The molecule has 3 N–H and O–H groups in total. The molecular weight excluding hydrogens is 236 g/mol. The summed E-state index contributed by atoms with van der Waals surface area (Å²) in [6.45, 7) is 0. The molecule has 0 bridgehead atoms. The third-order valence-corrected chi connectivity index (χ3v) is 2.89. The number of rotatable bonds is 4. The lowest BCUT2D eigenvalue weighted by atomic mass is 10.1. The van der Waals surface area contributed by atoms with Crippen LogP contribution >= 0.6 is 11.3 Å². The Bertz CT molecular complexity index is 398. The molecule has 0 amide bonds. The molecule has 88 valence electrons. The second-order valence-corrected chi connectivity index (χ2v) is 3.90. The van der Waals surface area contributed by atoms with Gasteiger partial charge in [-0.3, -0.25) is 0 Å². The van der Waals surface area contributed by atoms with E-state index in [1.54, 1.807) is 0 Å². The molecule has 2 atom stereocenters. The molecule has 1 aromatic heterocycles. The van der Waals surface area contributed by atoms with Crippen LogP contribution in [-0.2, 0) is 9.53 Å². The molecule has 7 heteroatoms. The van der Waals surface area contributed by atoms with Gasteiger partial charge in [-0.05, 0) is 6.07 Å². The van der Waals surface area contributed by atoms with Crippen molar-refractivity contribution in [2.24, 2.45) is 0 Å². The third-order valence-electron chi connectivity index (χ3n) is 1.88. The minimum Gasteiger partial charge on any atom is -0.479 e. The van der Waals surface area contributed by atoms with Gasteiger partial charge in [0.1, 0.15) is 6.10 Å². The van der Waals surface area contributed by atoms with Crippen LogP contribution in [0.3, 0.4) is 0 Å². The molecule has 0 saturated heterocycles. The summed E-state index contributed by atoms with van der Waals surface area (Å²) in [6.07, 6.45) is -3.47. The van der Waals surface area contributed by atoms with E-state index < -0.39 is 24.1 Å². The highest BCUT2D eigenvalue weighted by Crippen LogP contribution is 2.25. The monoisotopic (exact) mass is 246 g/mol. The molecular formula is C9H10O6S. The number of hydrogen-bond donors (Lipinski definition) is 3. The van der Waals surface area contributed by atoms with Crippen LogP contribution in [0.25, 0.3) is 0 Å². The fourth-order valence-electron chi connectivity index (χ4n) is 1.02. The molecule has 16 heavy (non-hydrogen) atoms. The van der Waals surface area contributed by atoms with Crippen LogP contribution in [0.2, 0.25) is 0 Å². The van der Waals surface area contributed by atoms with Gasteiger partial charge in [0.2, 0.25) is 0 Å².